The fourth-order valence-electron chi connectivity index (χ4n) is 2.37. The number of imidazole rings is 1. The summed E-state index contributed by atoms with van der Waals surface area (Å²) in [4.78, 5) is 4.65. The molecule has 2 N–H and O–H groups in total. The number of nitrogen functional groups attached to an aromatic ring is 1. The molecule has 0 spiro atoms. The molecule has 1 heterocycles. The maximum atomic E-state index is 14.1. The van der Waals surface area contributed by atoms with E-state index in [1.54, 1.807) is 12.1 Å². The van der Waals surface area contributed by atoms with Crippen molar-refractivity contribution in [2.45, 2.75) is 46.1 Å². The maximum absolute atomic E-state index is 14.1. The van der Waals surface area contributed by atoms with Gasteiger partial charge in [-0.15, -0.1) is 0 Å². The predicted molar refractivity (Wildman–Crippen MR) is 88.7 cm³/mol. The minimum atomic E-state index is -0.313. The maximum Gasteiger partial charge on any atom is 0.132 e. The van der Waals surface area contributed by atoms with Crippen LogP contribution in [0.1, 0.15) is 39.9 Å². The Morgan fingerprint density at radius 1 is 1.33 bits per heavy atom. The van der Waals surface area contributed by atoms with E-state index < -0.39 is 0 Å². The van der Waals surface area contributed by atoms with Gasteiger partial charge in [0.15, 0.2) is 0 Å². The third kappa shape index (κ3) is 3.12. The number of nitrogens with two attached hydrogens (primary N) is 1. The summed E-state index contributed by atoms with van der Waals surface area (Å²) in [6, 6.07) is 4.81. The van der Waals surface area contributed by atoms with Crippen molar-refractivity contribution in [1.82, 2.24) is 9.55 Å². The third-order valence-electron chi connectivity index (χ3n) is 3.31. The number of benzene rings is 1. The second-order valence-electron chi connectivity index (χ2n) is 6.20. The molecule has 0 fully saturated rings. The zero-order valence-corrected chi connectivity index (χ0v) is 14.5. The molecular formula is C16H21BrFN3. The molecule has 21 heavy (non-hydrogen) atoms. The number of nitrogens with zero attached hydrogens (tertiary/aromatic N) is 2. The van der Waals surface area contributed by atoms with Gasteiger partial charge in [-0.05, 0) is 24.6 Å². The number of anilines is 1. The Balaban J connectivity index is 2.68. The van der Waals surface area contributed by atoms with E-state index in [1.165, 1.54) is 6.07 Å². The van der Waals surface area contributed by atoms with Gasteiger partial charge in [0.05, 0.1) is 0 Å². The highest BCUT2D eigenvalue weighted by atomic mass is 79.9. The molecule has 0 saturated carbocycles. The summed E-state index contributed by atoms with van der Waals surface area (Å²) < 4.78 is 16.9. The fourth-order valence-corrected chi connectivity index (χ4v) is 2.73. The molecule has 5 heteroatoms. The molecule has 0 saturated heterocycles. The van der Waals surface area contributed by atoms with Crippen LogP contribution in [0.15, 0.2) is 22.7 Å². The summed E-state index contributed by atoms with van der Waals surface area (Å²) in [5.41, 5.74) is 7.06. The van der Waals surface area contributed by atoms with Crippen molar-refractivity contribution in [3.05, 3.63) is 34.3 Å². The highest BCUT2D eigenvalue weighted by Gasteiger charge is 2.26. The molecule has 1 aromatic carbocycles. The lowest BCUT2D eigenvalue weighted by Crippen LogP contribution is -2.19. The average molecular weight is 354 g/mol. The van der Waals surface area contributed by atoms with Crippen LogP contribution in [0.4, 0.5) is 10.2 Å². The Kier molecular flexibility index (Phi) is 4.42. The summed E-state index contributed by atoms with van der Waals surface area (Å²) in [6.07, 6.45) is 0.948. The molecule has 0 radical (unpaired) electrons. The lowest BCUT2D eigenvalue weighted by Gasteiger charge is -2.19. The van der Waals surface area contributed by atoms with Crippen LogP contribution in [0.5, 0.6) is 0 Å². The number of aromatic nitrogens is 2. The standard InChI is InChI=1S/C16H21BrFN3/c1-5-8-21-14(19)13(20-15(21)16(2,3)4)11-9-10(17)6-7-12(11)18/h6-7,9H,5,8,19H2,1-4H3. The van der Waals surface area contributed by atoms with Gasteiger partial charge in [-0.3, -0.25) is 0 Å². The zero-order valence-electron chi connectivity index (χ0n) is 12.9. The van der Waals surface area contributed by atoms with Crippen LogP contribution in [0.2, 0.25) is 0 Å². The minimum Gasteiger partial charge on any atom is -0.383 e. The summed E-state index contributed by atoms with van der Waals surface area (Å²) in [6.45, 7) is 9.12. The zero-order chi connectivity index (χ0) is 15.8. The Labute approximate surface area is 133 Å². The van der Waals surface area contributed by atoms with Gasteiger partial charge in [0, 0.05) is 22.0 Å². The molecule has 0 unspecified atom stereocenters. The van der Waals surface area contributed by atoms with Crippen LogP contribution < -0.4 is 5.73 Å². The average Bonchev–Trinajstić information content (AvgIpc) is 2.71. The quantitative estimate of drug-likeness (QED) is 0.865. The van der Waals surface area contributed by atoms with Gasteiger partial charge in [0.1, 0.15) is 23.2 Å². The van der Waals surface area contributed by atoms with Crippen LogP contribution in [0.25, 0.3) is 11.3 Å². The second-order valence-corrected chi connectivity index (χ2v) is 7.11. The first-order valence-corrected chi connectivity index (χ1v) is 7.87. The first kappa shape index (κ1) is 16.0. The fraction of sp³-hybridized carbons (Fsp3) is 0.438. The van der Waals surface area contributed by atoms with E-state index in [9.17, 15) is 4.39 Å². The van der Waals surface area contributed by atoms with Crippen molar-refractivity contribution < 1.29 is 4.39 Å². The molecule has 0 aliphatic rings. The molecule has 2 rings (SSSR count). The molecule has 0 amide bonds. The van der Waals surface area contributed by atoms with Crippen LogP contribution in [-0.4, -0.2) is 9.55 Å². The molecule has 114 valence electrons. The molecule has 0 aliphatic carbocycles. The molecular weight excluding hydrogens is 333 g/mol. The Bertz CT molecular complexity index is 656. The SMILES string of the molecule is CCCn1c(C(C)(C)C)nc(-c2cc(Br)ccc2F)c1N. The highest BCUT2D eigenvalue weighted by molar-refractivity contribution is 9.10. The van der Waals surface area contributed by atoms with E-state index in [4.69, 9.17) is 5.73 Å². The van der Waals surface area contributed by atoms with Gasteiger partial charge in [-0.25, -0.2) is 9.37 Å². The van der Waals surface area contributed by atoms with Crippen molar-refractivity contribution in [3.63, 3.8) is 0 Å². The van der Waals surface area contributed by atoms with Crippen LogP contribution in [0.3, 0.4) is 0 Å². The van der Waals surface area contributed by atoms with E-state index in [1.807, 2.05) is 4.57 Å². The molecule has 0 atom stereocenters. The van der Waals surface area contributed by atoms with Crippen molar-refractivity contribution in [3.8, 4) is 11.3 Å². The van der Waals surface area contributed by atoms with Gasteiger partial charge in [-0.1, -0.05) is 43.6 Å². The smallest absolute Gasteiger partial charge is 0.132 e. The Morgan fingerprint density at radius 2 is 2.00 bits per heavy atom. The molecule has 0 aliphatic heterocycles. The van der Waals surface area contributed by atoms with E-state index in [2.05, 4.69) is 48.6 Å². The molecule has 1 aromatic heterocycles. The highest BCUT2D eigenvalue weighted by Crippen LogP contribution is 2.34. The van der Waals surface area contributed by atoms with Crippen LogP contribution in [0, 0.1) is 5.82 Å². The number of halogens is 2. The van der Waals surface area contributed by atoms with E-state index in [0.29, 0.717) is 17.1 Å². The summed E-state index contributed by atoms with van der Waals surface area (Å²) in [5.74, 6) is 1.10. The molecule has 3 nitrogen and oxygen atoms in total. The normalized spacial score (nSPS) is 11.9. The second kappa shape index (κ2) is 5.79. The molecule has 2 aromatic rings. The first-order valence-electron chi connectivity index (χ1n) is 7.07. The van der Waals surface area contributed by atoms with Gasteiger partial charge >= 0.3 is 0 Å². The topological polar surface area (TPSA) is 43.8 Å². The third-order valence-corrected chi connectivity index (χ3v) is 3.80. The summed E-state index contributed by atoms with van der Waals surface area (Å²) in [7, 11) is 0. The molecule has 0 bridgehead atoms. The number of hydrogen-bond acceptors (Lipinski definition) is 2. The lowest BCUT2D eigenvalue weighted by molar-refractivity contribution is 0.498. The largest absolute Gasteiger partial charge is 0.383 e. The number of rotatable bonds is 3. The van der Waals surface area contributed by atoms with E-state index in [-0.39, 0.29) is 11.2 Å². The van der Waals surface area contributed by atoms with Gasteiger partial charge in [-0.2, -0.15) is 0 Å². The van der Waals surface area contributed by atoms with Crippen molar-refractivity contribution in [2.24, 2.45) is 0 Å². The van der Waals surface area contributed by atoms with Gasteiger partial charge < -0.3 is 10.3 Å². The van der Waals surface area contributed by atoms with Crippen molar-refractivity contribution in [2.75, 3.05) is 5.73 Å². The predicted octanol–water partition coefficient (Wildman–Crippen LogP) is 4.74. The van der Waals surface area contributed by atoms with Gasteiger partial charge in [0.2, 0.25) is 0 Å². The Morgan fingerprint density at radius 3 is 2.57 bits per heavy atom. The lowest BCUT2D eigenvalue weighted by atomic mass is 9.95. The first-order chi connectivity index (χ1) is 9.75. The van der Waals surface area contributed by atoms with Crippen molar-refractivity contribution >= 4 is 21.7 Å². The van der Waals surface area contributed by atoms with Crippen LogP contribution >= 0.6 is 15.9 Å². The summed E-state index contributed by atoms with van der Waals surface area (Å²) >= 11 is 3.37. The van der Waals surface area contributed by atoms with Crippen molar-refractivity contribution in [1.29, 1.82) is 0 Å². The van der Waals surface area contributed by atoms with Crippen LogP contribution in [-0.2, 0) is 12.0 Å². The van der Waals surface area contributed by atoms with E-state index >= 15 is 0 Å². The monoisotopic (exact) mass is 353 g/mol. The summed E-state index contributed by atoms with van der Waals surface area (Å²) in [5, 5.41) is 0. The van der Waals surface area contributed by atoms with Gasteiger partial charge in [0.25, 0.3) is 0 Å². The van der Waals surface area contributed by atoms with E-state index in [0.717, 1.165) is 23.3 Å². The number of hydrogen-bond donors (Lipinski definition) is 1. The minimum absolute atomic E-state index is 0.149. The Hall–Kier alpha value is -1.36.